The van der Waals surface area contributed by atoms with E-state index >= 15 is 0 Å². The predicted molar refractivity (Wildman–Crippen MR) is 91.7 cm³/mol. The first kappa shape index (κ1) is 14.3. The summed E-state index contributed by atoms with van der Waals surface area (Å²) in [5.41, 5.74) is 3.94. The summed E-state index contributed by atoms with van der Waals surface area (Å²) >= 11 is 0. The molecule has 0 bridgehead atoms. The van der Waals surface area contributed by atoms with Crippen LogP contribution in [-0.2, 0) is 0 Å². The zero-order chi connectivity index (χ0) is 16.4. The van der Waals surface area contributed by atoms with Crippen molar-refractivity contribution in [2.75, 3.05) is 5.32 Å². The van der Waals surface area contributed by atoms with E-state index in [0.29, 0.717) is 11.5 Å². The Kier molecular flexibility index (Phi) is 3.63. The third kappa shape index (κ3) is 2.69. The quantitative estimate of drug-likeness (QED) is 0.627. The molecule has 1 aromatic carbocycles. The van der Waals surface area contributed by atoms with Crippen molar-refractivity contribution in [3.05, 3.63) is 84.2 Å². The molecule has 0 fully saturated rings. The van der Waals surface area contributed by atoms with Gasteiger partial charge in [0.1, 0.15) is 6.33 Å². The van der Waals surface area contributed by atoms with E-state index < -0.39 is 0 Å². The molecule has 0 aliphatic heterocycles. The summed E-state index contributed by atoms with van der Waals surface area (Å²) in [6, 6.07) is 14.2. The topological polar surface area (TPSA) is 68.0 Å². The van der Waals surface area contributed by atoms with Gasteiger partial charge in [0.15, 0.2) is 5.82 Å². The molecule has 118 valence electrons. The maximum Gasteiger partial charge on any atom is 0.203 e. The fourth-order valence-electron chi connectivity index (χ4n) is 2.63. The molecule has 1 N–H and O–H groups in total. The average Bonchev–Trinajstić information content (AvgIpc) is 3.11. The number of rotatable bonds is 4. The lowest BCUT2D eigenvalue weighted by Crippen LogP contribution is -2.15. The molecular weight excluding hydrogens is 300 g/mol. The molecule has 3 heterocycles. The molecular formula is C18H16N6. The summed E-state index contributed by atoms with van der Waals surface area (Å²) in [6.07, 6.45) is 7.00. The summed E-state index contributed by atoms with van der Waals surface area (Å²) < 4.78 is 1.83. The minimum atomic E-state index is -0.123. The molecule has 3 aromatic heterocycles. The summed E-state index contributed by atoms with van der Waals surface area (Å²) in [5, 5.41) is 11.5. The second-order valence-corrected chi connectivity index (χ2v) is 5.58. The summed E-state index contributed by atoms with van der Waals surface area (Å²) in [4.78, 5) is 8.93. The lowest BCUT2D eigenvalue weighted by Gasteiger charge is -2.19. The Morgan fingerprint density at radius 1 is 1.00 bits per heavy atom. The number of fused-ring (bicyclic) bond motifs is 1. The molecule has 4 aromatic rings. The van der Waals surface area contributed by atoms with E-state index in [1.807, 2.05) is 28.8 Å². The van der Waals surface area contributed by atoms with Crippen molar-refractivity contribution in [2.24, 2.45) is 0 Å². The van der Waals surface area contributed by atoms with E-state index in [2.05, 4.69) is 56.7 Å². The molecule has 0 aliphatic carbocycles. The Balaban J connectivity index is 1.78. The van der Waals surface area contributed by atoms with Crippen molar-refractivity contribution in [2.45, 2.75) is 13.0 Å². The smallest absolute Gasteiger partial charge is 0.203 e. The largest absolute Gasteiger partial charge is 0.354 e. The number of nitrogens with one attached hydrogen (secondary N) is 1. The summed E-state index contributed by atoms with van der Waals surface area (Å²) in [5.74, 6) is 0.672. The molecule has 0 aliphatic rings. The van der Waals surface area contributed by atoms with E-state index in [1.165, 1.54) is 5.56 Å². The zero-order valence-corrected chi connectivity index (χ0v) is 13.2. The van der Waals surface area contributed by atoms with Crippen LogP contribution in [0.1, 0.15) is 22.9 Å². The number of aromatic nitrogens is 5. The molecule has 1 unspecified atom stereocenters. The van der Waals surface area contributed by atoms with Gasteiger partial charge >= 0.3 is 0 Å². The number of hydrogen-bond donors (Lipinski definition) is 1. The normalized spacial score (nSPS) is 12.2. The van der Waals surface area contributed by atoms with Crippen LogP contribution in [0.4, 0.5) is 5.82 Å². The number of nitrogens with zero attached hydrogens (tertiary/aromatic N) is 5. The van der Waals surface area contributed by atoms with Crippen molar-refractivity contribution >= 4 is 11.5 Å². The molecule has 0 radical (unpaired) electrons. The Morgan fingerprint density at radius 2 is 1.88 bits per heavy atom. The van der Waals surface area contributed by atoms with Crippen LogP contribution in [0, 0.1) is 6.92 Å². The van der Waals surface area contributed by atoms with Crippen LogP contribution in [0.3, 0.4) is 0 Å². The Hall–Kier alpha value is -3.28. The molecule has 1 atom stereocenters. The van der Waals surface area contributed by atoms with Crippen LogP contribution in [0.15, 0.2) is 67.4 Å². The highest BCUT2D eigenvalue weighted by Gasteiger charge is 2.17. The van der Waals surface area contributed by atoms with Crippen molar-refractivity contribution in [3.63, 3.8) is 0 Å². The summed E-state index contributed by atoms with van der Waals surface area (Å²) in [6.45, 7) is 2.07. The second kappa shape index (κ2) is 6.08. The highest BCUT2D eigenvalue weighted by atomic mass is 15.2. The average molecular weight is 316 g/mol. The van der Waals surface area contributed by atoms with Crippen molar-refractivity contribution in [3.8, 4) is 0 Å². The molecule has 6 nitrogen and oxygen atoms in total. The van der Waals surface area contributed by atoms with Gasteiger partial charge in [-0.3, -0.25) is 9.38 Å². The highest BCUT2D eigenvalue weighted by Crippen LogP contribution is 2.26. The first-order chi connectivity index (χ1) is 11.8. The van der Waals surface area contributed by atoms with Crippen LogP contribution < -0.4 is 5.32 Å². The molecule has 0 amide bonds. The van der Waals surface area contributed by atoms with E-state index in [-0.39, 0.29) is 6.04 Å². The van der Waals surface area contributed by atoms with Crippen LogP contribution in [-0.4, -0.2) is 24.6 Å². The minimum Gasteiger partial charge on any atom is -0.354 e. The van der Waals surface area contributed by atoms with Gasteiger partial charge in [0.2, 0.25) is 5.65 Å². The molecule has 6 heteroatoms. The van der Waals surface area contributed by atoms with Gasteiger partial charge in [-0.25, -0.2) is 4.98 Å². The SMILES string of the molecule is Cc1ccc(C(Nc2nccn3cnnc23)c2ccccn2)cc1. The standard InChI is InChI=1S/C18H16N6/c1-13-5-7-14(8-6-13)16(15-4-2-3-9-19-15)22-17-18-23-21-12-24(18)11-10-20-17/h2-12,16H,1H3,(H,20,22). The monoisotopic (exact) mass is 316 g/mol. The van der Waals surface area contributed by atoms with Crippen LogP contribution in [0.5, 0.6) is 0 Å². The highest BCUT2D eigenvalue weighted by molar-refractivity contribution is 5.63. The molecule has 0 saturated carbocycles. The molecule has 24 heavy (non-hydrogen) atoms. The van der Waals surface area contributed by atoms with Crippen LogP contribution >= 0.6 is 0 Å². The van der Waals surface area contributed by atoms with Crippen molar-refractivity contribution < 1.29 is 0 Å². The van der Waals surface area contributed by atoms with Gasteiger partial charge in [0, 0.05) is 18.6 Å². The number of pyridine rings is 1. The van der Waals surface area contributed by atoms with Gasteiger partial charge in [-0.1, -0.05) is 35.9 Å². The maximum atomic E-state index is 4.51. The van der Waals surface area contributed by atoms with E-state index in [0.717, 1.165) is 11.3 Å². The Labute approximate surface area is 139 Å². The second-order valence-electron chi connectivity index (χ2n) is 5.58. The lowest BCUT2D eigenvalue weighted by molar-refractivity contribution is 0.875. The summed E-state index contributed by atoms with van der Waals surface area (Å²) in [7, 11) is 0. The first-order valence-corrected chi connectivity index (χ1v) is 7.69. The number of benzene rings is 1. The number of anilines is 1. The predicted octanol–water partition coefficient (Wildman–Crippen LogP) is 3.03. The van der Waals surface area contributed by atoms with E-state index in [4.69, 9.17) is 0 Å². The molecule has 0 saturated heterocycles. The van der Waals surface area contributed by atoms with Gasteiger partial charge < -0.3 is 5.32 Å². The molecule has 4 rings (SSSR count). The van der Waals surface area contributed by atoms with Crippen molar-refractivity contribution in [1.82, 2.24) is 24.6 Å². The van der Waals surface area contributed by atoms with Crippen molar-refractivity contribution in [1.29, 1.82) is 0 Å². The van der Waals surface area contributed by atoms with Gasteiger partial charge in [-0.2, -0.15) is 0 Å². The lowest BCUT2D eigenvalue weighted by atomic mass is 10.0. The maximum absolute atomic E-state index is 4.51. The first-order valence-electron chi connectivity index (χ1n) is 7.69. The van der Waals surface area contributed by atoms with E-state index in [1.54, 1.807) is 18.7 Å². The Morgan fingerprint density at radius 3 is 2.67 bits per heavy atom. The fraction of sp³-hybridized carbons (Fsp3) is 0.111. The number of hydrogen-bond acceptors (Lipinski definition) is 5. The third-order valence-corrected chi connectivity index (χ3v) is 3.89. The van der Waals surface area contributed by atoms with Gasteiger partial charge in [-0.15, -0.1) is 10.2 Å². The third-order valence-electron chi connectivity index (χ3n) is 3.89. The zero-order valence-electron chi connectivity index (χ0n) is 13.2. The van der Waals surface area contributed by atoms with Crippen LogP contribution in [0.25, 0.3) is 5.65 Å². The Bertz CT molecular complexity index is 946. The van der Waals surface area contributed by atoms with E-state index in [9.17, 15) is 0 Å². The minimum absolute atomic E-state index is 0.123. The van der Waals surface area contributed by atoms with Gasteiger partial charge in [0.05, 0.1) is 11.7 Å². The van der Waals surface area contributed by atoms with Gasteiger partial charge in [0.25, 0.3) is 0 Å². The fourth-order valence-corrected chi connectivity index (χ4v) is 2.63. The number of aryl methyl sites for hydroxylation is 1. The molecule has 0 spiro atoms. The van der Waals surface area contributed by atoms with Gasteiger partial charge in [-0.05, 0) is 24.6 Å². The van der Waals surface area contributed by atoms with Crippen LogP contribution in [0.2, 0.25) is 0 Å².